The molecule has 3 rings (SSSR count). The molecule has 1 aromatic carbocycles. The summed E-state index contributed by atoms with van der Waals surface area (Å²) in [6.07, 6.45) is 3.20. The van der Waals surface area contributed by atoms with E-state index >= 15 is 0 Å². The van der Waals surface area contributed by atoms with Crippen molar-refractivity contribution in [2.24, 2.45) is 0 Å². The van der Waals surface area contributed by atoms with Crippen molar-refractivity contribution in [1.82, 2.24) is 14.9 Å². The number of nitrogens with zero attached hydrogens (tertiary/aromatic N) is 3. The maximum absolute atomic E-state index is 13.2. The number of rotatable bonds is 6. The Morgan fingerprint density at radius 3 is 2.66 bits per heavy atom. The van der Waals surface area contributed by atoms with E-state index in [9.17, 15) is 19.6 Å². The molecule has 2 N–H and O–H groups in total. The molecule has 0 saturated carbocycles. The Labute approximate surface area is 197 Å². The van der Waals surface area contributed by atoms with Gasteiger partial charge in [0.05, 0.1) is 34.5 Å². The molecule has 3 aromatic rings. The van der Waals surface area contributed by atoms with Crippen molar-refractivity contribution in [3.05, 3.63) is 74.6 Å². The minimum atomic E-state index is -0.583. The summed E-state index contributed by atoms with van der Waals surface area (Å²) in [6, 6.07) is 9.83. The van der Waals surface area contributed by atoms with Gasteiger partial charge in [0.2, 0.25) is 0 Å². The van der Waals surface area contributed by atoms with Crippen LogP contribution < -0.4 is 10.6 Å². The Morgan fingerprint density at radius 2 is 2.00 bits per heavy atom. The molecule has 0 aliphatic rings. The number of ketones is 1. The van der Waals surface area contributed by atoms with Gasteiger partial charge in [0.15, 0.2) is 5.82 Å². The third kappa shape index (κ3) is 5.04. The monoisotopic (exact) mass is 513 g/mol. The molecule has 0 spiro atoms. The molecular weight excluding hydrogens is 498 g/mol. The van der Waals surface area contributed by atoms with Crippen LogP contribution in [0.2, 0.25) is 5.02 Å². The van der Waals surface area contributed by atoms with E-state index in [1.807, 2.05) is 6.07 Å². The van der Waals surface area contributed by atoms with Gasteiger partial charge in [-0.3, -0.25) is 19.0 Å². The number of halogens is 2. The van der Waals surface area contributed by atoms with Crippen molar-refractivity contribution in [2.45, 2.75) is 13.8 Å². The van der Waals surface area contributed by atoms with Gasteiger partial charge in [-0.1, -0.05) is 11.6 Å². The van der Waals surface area contributed by atoms with Crippen LogP contribution in [0.1, 0.15) is 38.9 Å². The lowest BCUT2D eigenvalue weighted by Gasteiger charge is -2.15. The Hall–Kier alpha value is -3.48. The Kier molecular flexibility index (Phi) is 7.08. The number of aryl methyl sites for hydroxylation is 1. The fraction of sp³-hybridized carbons (Fsp3) is 0.136. The normalized spacial score (nSPS) is 10.3. The van der Waals surface area contributed by atoms with Crippen molar-refractivity contribution >= 4 is 50.8 Å². The van der Waals surface area contributed by atoms with Crippen LogP contribution >= 0.6 is 27.5 Å². The number of pyridine rings is 1. The van der Waals surface area contributed by atoms with Crippen LogP contribution in [0.15, 0.2) is 47.2 Å². The van der Waals surface area contributed by atoms with E-state index in [1.165, 1.54) is 17.6 Å². The predicted molar refractivity (Wildman–Crippen MR) is 123 cm³/mol. The molecule has 0 aliphatic carbocycles. The zero-order valence-corrected chi connectivity index (χ0v) is 19.4. The smallest absolute Gasteiger partial charge is 0.272 e. The maximum Gasteiger partial charge on any atom is 0.272 e. The van der Waals surface area contributed by atoms with Crippen LogP contribution in [0, 0.1) is 18.3 Å². The van der Waals surface area contributed by atoms with Gasteiger partial charge >= 0.3 is 0 Å². The number of nitrogens with one attached hydrogen (secondary N) is 2. The summed E-state index contributed by atoms with van der Waals surface area (Å²) in [5, 5.41) is 14.9. The van der Waals surface area contributed by atoms with Crippen LogP contribution in [-0.4, -0.2) is 33.7 Å². The fourth-order valence-electron chi connectivity index (χ4n) is 3.01. The van der Waals surface area contributed by atoms with E-state index in [4.69, 9.17) is 11.6 Å². The number of nitriles is 1. The first-order chi connectivity index (χ1) is 15.2. The van der Waals surface area contributed by atoms with Gasteiger partial charge in [0, 0.05) is 16.9 Å². The molecule has 0 unspecified atom stereocenters. The minimum Gasteiger partial charge on any atom is -0.345 e. The molecule has 0 saturated heterocycles. The molecular formula is C22H17BrClN5O3. The summed E-state index contributed by atoms with van der Waals surface area (Å²) in [4.78, 5) is 41.4. The van der Waals surface area contributed by atoms with Gasteiger partial charge < -0.3 is 10.6 Å². The summed E-state index contributed by atoms with van der Waals surface area (Å²) in [5.41, 5.74) is 1.28. The number of carbonyl (C=O) groups excluding carboxylic acids is 3. The lowest BCUT2D eigenvalue weighted by Crippen LogP contribution is -2.30. The molecule has 2 amide bonds. The molecule has 0 radical (unpaired) electrons. The standard InChI is InChI=1S/C22H17BrClN5O3/c1-12-6-14(9-25)7-16(21(31)27-10-13(2)30)19(12)28-22(32)18-8-15(23)11-29(18)20-17(24)4-3-5-26-20/h3-8,11H,10H2,1-2H3,(H,27,31)(H,28,32). The highest BCUT2D eigenvalue weighted by molar-refractivity contribution is 9.10. The summed E-state index contributed by atoms with van der Waals surface area (Å²) in [7, 11) is 0. The lowest BCUT2D eigenvalue weighted by molar-refractivity contribution is -0.116. The number of aromatic nitrogens is 2. The van der Waals surface area contributed by atoms with E-state index in [-0.39, 0.29) is 34.8 Å². The van der Waals surface area contributed by atoms with Crippen LogP contribution in [0.4, 0.5) is 5.69 Å². The molecule has 2 heterocycles. The molecule has 0 atom stereocenters. The molecule has 10 heteroatoms. The van der Waals surface area contributed by atoms with Gasteiger partial charge in [0.1, 0.15) is 11.5 Å². The third-order valence-corrected chi connectivity index (χ3v) is 5.16. The van der Waals surface area contributed by atoms with Gasteiger partial charge in [-0.2, -0.15) is 5.26 Å². The van der Waals surface area contributed by atoms with Crippen molar-refractivity contribution in [3.63, 3.8) is 0 Å². The zero-order chi connectivity index (χ0) is 23.4. The molecule has 0 bridgehead atoms. The number of Topliss-reactive ketones (excluding diaryl/α,β-unsaturated/α-hetero) is 1. The highest BCUT2D eigenvalue weighted by Crippen LogP contribution is 2.27. The van der Waals surface area contributed by atoms with E-state index < -0.39 is 11.8 Å². The minimum absolute atomic E-state index is 0.0733. The summed E-state index contributed by atoms with van der Waals surface area (Å²) in [6.45, 7) is 2.84. The highest BCUT2D eigenvalue weighted by atomic mass is 79.9. The first kappa shape index (κ1) is 23.2. The van der Waals surface area contributed by atoms with E-state index in [1.54, 1.807) is 43.6 Å². The Morgan fingerprint density at radius 1 is 1.25 bits per heavy atom. The first-order valence-electron chi connectivity index (χ1n) is 9.33. The van der Waals surface area contributed by atoms with Crippen LogP contribution in [0.5, 0.6) is 0 Å². The molecule has 0 fully saturated rings. The predicted octanol–water partition coefficient (Wildman–Crippen LogP) is 4.04. The second-order valence-electron chi connectivity index (χ2n) is 6.89. The topological polar surface area (TPSA) is 117 Å². The van der Waals surface area contributed by atoms with Crippen molar-refractivity contribution < 1.29 is 14.4 Å². The lowest BCUT2D eigenvalue weighted by atomic mass is 10.0. The average molecular weight is 515 g/mol. The van der Waals surface area contributed by atoms with Crippen LogP contribution in [-0.2, 0) is 4.79 Å². The number of hydrogen-bond donors (Lipinski definition) is 2. The summed E-state index contributed by atoms with van der Waals surface area (Å²) in [5.74, 6) is -0.973. The van der Waals surface area contributed by atoms with Crippen molar-refractivity contribution in [2.75, 3.05) is 11.9 Å². The number of carbonyl (C=O) groups is 3. The molecule has 0 aliphatic heterocycles. The Balaban J connectivity index is 2.02. The molecule has 32 heavy (non-hydrogen) atoms. The molecule has 162 valence electrons. The maximum atomic E-state index is 13.2. The molecule has 8 nitrogen and oxygen atoms in total. The van der Waals surface area contributed by atoms with Crippen molar-refractivity contribution in [1.29, 1.82) is 5.26 Å². The highest BCUT2D eigenvalue weighted by Gasteiger charge is 2.21. The second kappa shape index (κ2) is 9.77. The number of hydrogen-bond acceptors (Lipinski definition) is 5. The zero-order valence-electron chi connectivity index (χ0n) is 17.1. The first-order valence-corrected chi connectivity index (χ1v) is 10.5. The number of amides is 2. The van der Waals surface area contributed by atoms with E-state index in [0.29, 0.717) is 20.9 Å². The van der Waals surface area contributed by atoms with Gasteiger partial charge in [-0.15, -0.1) is 0 Å². The average Bonchev–Trinajstić information content (AvgIpc) is 3.14. The van der Waals surface area contributed by atoms with Gasteiger partial charge in [-0.05, 0) is 65.7 Å². The Bertz CT molecular complexity index is 1280. The SMILES string of the molecule is CC(=O)CNC(=O)c1cc(C#N)cc(C)c1NC(=O)c1cc(Br)cn1-c1ncccc1Cl. The second-order valence-corrected chi connectivity index (χ2v) is 8.21. The van der Waals surface area contributed by atoms with Crippen molar-refractivity contribution in [3.8, 4) is 11.9 Å². The quantitative estimate of drug-likeness (QED) is 0.515. The third-order valence-electron chi connectivity index (χ3n) is 4.43. The largest absolute Gasteiger partial charge is 0.345 e. The van der Waals surface area contributed by atoms with Gasteiger partial charge in [-0.25, -0.2) is 4.98 Å². The van der Waals surface area contributed by atoms with E-state index in [0.717, 1.165) is 0 Å². The van der Waals surface area contributed by atoms with Crippen LogP contribution in [0.25, 0.3) is 5.82 Å². The van der Waals surface area contributed by atoms with Crippen LogP contribution in [0.3, 0.4) is 0 Å². The summed E-state index contributed by atoms with van der Waals surface area (Å²) >= 11 is 9.61. The van der Waals surface area contributed by atoms with Gasteiger partial charge in [0.25, 0.3) is 11.8 Å². The number of benzene rings is 1. The summed E-state index contributed by atoms with van der Waals surface area (Å²) < 4.78 is 2.15. The number of anilines is 1. The molecule has 2 aromatic heterocycles. The fourth-order valence-corrected chi connectivity index (χ4v) is 3.64. The van der Waals surface area contributed by atoms with E-state index in [2.05, 4.69) is 31.5 Å².